The lowest BCUT2D eigenvalue weighted by molar-refractivity contribution is -0.274. The Kier molecular flexibility index (Phi) is 13.6. The van der Waals surface area contributed by atoms with Crippen LogP contribution in [0.2, 0.25) is 0 Å². The smallest absolute Gasteiger partial charge is 0.479 e. The van der Waals surface area contributed by atoms with Gasteiger partial charge in [0.1, 0.15) is 5.75 Å². The van der Waals surface area contributed by atoms with E-state index in [1.54, 1.807) is 6.92 Å². The van der Waals surface area contributed by atoms with E-state index in [2.05, 4.69) is 31.6 Å². The number of aliphatic carboxylic acids is 1. The van der Waals surface area contributed by atoms with E-state index >= 15 is 0 Å². The van der Waals surface area contributed by atoms with Gasteiger partial charge in [-0.1, -0.05) is 36.2 Å². The molecule has 0 fully saturated rings. The Balaban J connectivity index is 0.000000648. The molecule has 0 spiro atoms. The predicted molar refractivity (Wildman–Crippen MR) is 153 cm³/mol. The van der Waals surface area contributed by atoms with Crippen molar-refractivity contribution in [2.75, 3.05) is 0 Å². The van der Waals surface area contributed by atoms with Crippen molar-refractivity contribution < 1.29 is 41.7 Å². The van der Waals surface area contributed by atoms with Crippen LogP contribution in [0, 0.1) is 12.7 Å². The van der Waals surface area contributed by atoms with Crippen molar-refractivity contribution in [3.63, 3.8) is 0 Å². The Bertz CT molecular complexity index is 1400. The maximum Gasteiger partial charge on any atom is 0.573 e. The summed E-state index contributed by atoms with van der Waals surface area (Å²) in [6, 6.07) is 7.06. The van der Waals surface area contributed by atoms with Crippen LogP contribution in [0.15, 0.2) is 59.2 Å². The predicted octanol–water partition coefficient (Wildman–Crippen LogP) is 9.15. The number of nitrogens with zero attached hydrogens (tertiary/aromatic N) is 1. The van der Waals surface area contributed by atoms with Crippen molar-refractivity contribution in [2.45, 2.75) is 67.4 Å². The Hall–Kier alpha value is -3.79. The summed E-state index contributed by atoms with van der Waals surface area (Å²) in [5, 5.41) is 10.2. The van der Waals surface area contributed by atoms with Crippen molar-refractivity contribution in [2.24, 2.45) is 0 Å². The summed E-state index contributed by atoms with van der Waals surface area (Å²) in [4.78, 5) is 22.6. The van der Waals surface area contributed by atoms with Gasteiger partial charge in [0.15, 0.2) is 24.0 Å². The number of allylic oxidation sites excluding steroid dienone is 4. The van der Waals surface area contributed by atoms with Crippen LogP contribution >= 0.6 is 11.6 Å². The molecule has 3 aromatic rings. The largest absolute Gasteiger partial charge is 0.573 e. The number of aldehydes is 1. The number of ether oxygens (including phenoxy) is 2. The second-order valence-electron chi connectivity index (χ2n) is 8.96. The minimum absolute atomic E-state index is 0.209. The minimum atomic E-state index is -4.91. The first-order valence-corrected chi connectivity index (χ1v) is 12.9. The van der Waals surface area contributed by atoms with E-state index < -0.39 is 30.0 Å². The van der Waals surface area contributed by atoms with Crippen LogP contribution in [0.5, 0.6) is 11.5 Å². The molecule has 3 rings (SSSR count). The zero-order valence-corrected chi connectivity index (χ0v) is 24.7. The van der Waals surface area contributed by atoms with Crippen molar-refractivity contribution >= 4 is 34.8 Å². The van der Waals surface area contributed by atoms with Crippen molar-refractivity contribution in [3.05, 3.63) is 76.2 Å². The highest BCUT2D eigenvalue weighted by Gasteiger charge is 2.31. The third-order valence-electron chi connectivity index (χ3n) is 5.46. The quantitative estimate of drug-likeness (QED) is 0.166. The molecule has 1 heterocycles. The van der Waals surface area contributed by atoms with Gasteiger partial charge in [-0.15, -0.1) is 13.2 Å². The third-order valence-corrected chi connectivity index (χ3v) is 5.62. The summed E-state index contributed by atoms with van der Waals surface area (Å²) in [5.41, 5.74) is 2.45. The van der Waals surface area contributed by atoms with Crippen LogP contribution in [-0.2, 0) is 4.79 Å². The van der Waals surface area contributed by atoms with Crippen LogP contribution in [0.3, 0.4) is 0 Å². The Morgan fingerprint density at radius 1 is 1.15 bits per heavy atom. The highest BCUT2D eigenvalue weighted by molar-refractivity contribution is 6.29. The number of fused-ring (bicyclic) bond motifs is 1. The Labute approximate surface area is 241 Å². The van der Waals surface area contributed by atoms with Gasteiger partial charge in [0.2, 0.25) is 0 Å². The van der Waals surface area contributed by atoms with Gasteiger partial charge < -0.3 is 19.1 Å². The molecular weight excluding hydrogens is 566 g/mol. The number of hydrogen-bond donors (Lipinski definition) is 1. The van der Waals surface area contributed by atoms with Gasteiger partial charge in [-0.3, -0.25) is 4.79 Å². The average Bonchev–Trinajstić information content (AvgIpc) is 3.15. The van der Waals surface area contributed by atoms with E-state index in [9.17, 15) is 27.2 Å². The SMILES string of the molecule is CC/C=C(\C)Cl.CC=C(C)C.Cc1c(C=O)c2ccc(OC(F)(F)F)cc2n1-c1ccc(F)c(O[C@@H](C)C(=O)O)c1. The number of carboxylic acid groups (broad SMARTS) is 1. The second kappa shape index (κ2) is 15.9. The van der Waals surface area contributed by atoms with Crippen molar-refractivity contribution in [3.8, 4) is 17.2 Å². The lowest BCUT2D eigenvalue weighted by Crippen LogP contribution is -2.23. The molecule has 11 heteroatoms. The summed E-state index contributed by atoms with van der Waals surface area (Å²) in [6.45, 7) is 12.9. The molecule has 6 nitrogen and oxygen atoms in total. The standard InChI is InChI=1S/C20H15F4NO5.C5H9Cl.C5H10/c1-10-15(9-26)14-5-4-13(30-20(22,23)24)8-17(14)25(10)12-3-6-16(21)18(7-12)29-11(2)19(27)28;1-3-4-5(2)6;1-4-5(2)3/h3-9,11H,1-2H3,(H,27,28);4H,3H2,1-2H3;4H,1-3H3/b;5-4+;/t11-;;/m0../s1. The molecular formula is C30H34ClF4NO5. The molecule has 41 heavy (non-hydrogen) atoms. The molecule has 0 amide bonds. The number of carbonyl (C=O) groups is 2. The fourth-order valence-electron chi connectivity index (χ4n) is 3.34. The number of aromatic nitrogens is 1. The van der Waals surface area contributed by atoms with E-state index in [1.807, 2.05) is 19.9 Å². The maximum absolute atomic E-state index is 14.1. The zero-order chi connectivity index (χ0) is 31.5. The van der Waals surface area contributed by atoms with Gasteiger partial charge in [-0.05, 0) is 72.2 Å². The van der Waals surface area contributed by atoms with Crippen LogP contribution in [-0.4, -0.2) is 34.4 Å². The Morgan fingerprint density at radius 2 is 1.76 bits per heavy atom. The van der Waals surface area contributed by atoms with Crippen molar-refractivity contribution in [1.29, 1.82) is 0 Å². The molecule has 1 N–H and O–H groups in total. The number of halogens is 5. The van der Waals surface area contributed by atoms with E-state index in [0.29, 0.717) is 17.4 Å². The minimum Gasteiger partial charge on any atom is -0.479 e. The molecule has 0 aliphatic carbocycles. The summed E-state index contributed by atoms with van der Waals surface area (Å²) in [7, 11) is 0. The van der Waals surface area contributed by atoms with Gasteiger partial charge in [-0.2, -0.15) is 0 Å². The summed E-state index contributed by atoms with van der Waals surface area (Å²) >= 11 is 5.44. The van der Waals surface area contributed by atoms with Gasteiger partial charge in [0.05, 0.1) is 5.52 Å². The number of benzene rings is 2. The number of rotatable bonds is 7. The third kappa shape index (κ3) is 11.0. The van der Waals surface area contributed by atoms with Gasteiger partial charge in [0.25, 0.3) is 0 Å². The fourth-order valence-corrected chi connectivity index (χ4v) is 3.50. The summed E-state index contributed by atoms with van der Waals surface area (Å²) in [6.07, 6.45) is -0.588. The first kappa shape index (κ1) is 35.2. The number of hydrogen-bond acceptors (Lipinski definition) is 4. The highest BCUT2D eigenvalue weighted by atomic mass is 35.5. The van der Waals surface area contributed by atoms with Crippen LogP contribution < -0.4 is 9.47 Å². The molecule has 0 saturated carbocycles. The highest BCUT2D eigenvalue weighted by Crippen LogP contribution is 2.34. The topological polar surface area (TPSA) is 77.8 Å². The van der Waals surface area contributed by atoms with Gasteiger partial charge >= 0.3 is 12.3 Å². The Morgan fingerprint density at radius 3 is 2.20 bits per heavy atom. The zero-order valence-electron chi connectivity index (χ0n) is 23.9. The van der Waals surface area contributed by atoms with Crippen LogP contribution in [0.25, 0.3) is 16.6 Å². The van der Waals surface area contributed by atoms with E-state index in [-0.39, 0.29) is 22.5 Å². The van der Waals surface area contributed by atoms with Crippen molar-refractivity contribution in [1.82, 2.24) is 4.57 Å². The number of carboxylic acids is 1. The van der Waals surface area contributed by atoms with Gasteiger partial charge in [0, 0.05) is 39.5 Å². The number of carbonyl (C=O) groups excluding carboxylic acids is 1. The molecule has 1 atom stereocenters. The lowest BCUT2D eigenvalue weighted by atomic mass is 10.1. The molecule has 0 radical (unpaired) electrons. The maximum atomic E-state index is 14.1. The van der Waals surface area contributed by atoms with Gasteiger partial charge in [-0.25, -0.2) is 9.18 Å². The fraction of sp³-hybridized carbons (Fsp3) is 0.333. The molecule has 0 saturated heterocycles. The molecule has 224 valence electrons. The molecule has 1 aromatic heterocycles. The molecule has 0 aliphatic rings. The van der Waals surface area contributed by atoms with E-state index in [1.165, 1.54) is 35.3 Å². The molecule has 0 bridgehead atoms. The first-order valence-electron chi connectivity index (χ1n) is 12.5. The first-order chi connectivity index (χ1) is 19.1. The monoisotopic (exact) mass is 599 g/mol. The molecule has 2 aromatic carbocycles. The van der Waals surface area contributed by atoms with Crippen LogP contribution in [0.1, 0.15) is 64.0 Å². The van der Waals surface area contributed by atoms with Crippen LogP contribution in [0.4, 0.5) is 17.6 Å². The molecule has 0 aliphatic heterocycles. The molecule has 0 unspecified atom stereocenters. The second-order valence-corrected chi connectivity index (χ2v) is 9.55. The number of alkyl halides is 3. The normalized spacial score (nSPS) is 11.9. The average molecular weight is 600 g/mol. The van der Waals surface area contributed by atoms with E-state index in [4.69, 9.17) is 21.4 Å². The summed E-state index contributed by atoms with van der Waals surface area (Å²) < 4.78 is 62.4. The lowest BCUT2D eigenvalue weighted by Gasteiger charge is -2.15. The summed E-state index contributed by atoms with van der Waals surface area (Å²) in [5.74, 6) is -2.99. The van der Waals surface area contributed by atoms with E-state index in [0.717, 1.165) is 29.7 Å².